The molecule has 1 N–H and O–H groups in total. The van der Waals surface area contributed by atoms with E-state index in [1.165, 1.54) is 11.1 Å². The molecule has 1 aromatic carbocycles. The van der Waals surface area contributed by atoms with Gasteiger partial charge in [-0.15, -0.1) is 24.8 Å². The zero-order valence-electron chi connectivity index (χ0n) is 9.59. The van der Waals surface area contributed by atoms with Crippen LogP contribution in [0.2, 0.25) is 0 Å². The van der Waals surface area contributed by atoms with E-state index in [2.05, 4.69) is 40.6 Å². The average Bonchev–Trinajstić information content (AvgIpc) is 2.31. The first kappa shape index (κ1) is 15.9. The van der Waals surface area contributed by atoms with E-state index in [1.54, 1.807) is 6.20 Å². The highest BCUT2D eigenvalue weighted by molar-refractivity contribution is 5.85. The summed E-state index contributed by atoms with van der Waals surface area (Å²) >= 11 is 0. The smallest absolute Gasteiger partial charge is 0.0346 e. The Morgan fingerprint density at radius 1 is 1.06 bits per heavy atom. The van der Waals surface area contributed by atoms with Crippen LogP contribution in [0, 0.1) is 0 Å². The second-order valence-electron chi connectivity index (χ2n) is 3.47. The lowest BCUT2D eigenvalue weighted by Gasteiger charge is -2.04. The zero-order chi connectivity index (χ0) is 10.5. The molecule has 0 amide bonds. The highest BCUT2D eigenvalue weighted by Gasteiger charge is 1.97. The molecule has 17 heavy (non-hydrogen) atoms. The van der Waals surface area contributed by atoms with E-state index in [0.717, 1.165) is 12.1 Å². The van der Waals surface area contributed by atoms with Gasteiger partial charge in [0.2, 0.25) is 0 Å². The minimum absolute atomic E-state index is 0. The van der Waals surface area contributed by atoms with Crippen LogP contribution in [0.15, 0.2) is 48.8 Å². The summed E-state index contributed by atoms with van der Waals surface area (Å²) in [6, 6.07) is 12.5. The number of hydrogen-bond acceptors (Lipinski definition) is 2. The summed E-state index contributed by atoms with van der Waals surface area (Å²) in [6.07, 6.45) is 3.68. The fourth-order valence-corrected chi connectivity index (χ4v) is 1.60. The van der Waals surface area contributed by atoms with Crippen LogP contribution in [0.1, 0.15) is 5.56 Å². The van der Waals surface area contributed by atoms with E-state index in [1.807, 2.05) is 19.3 Å². The second-order valence-corrected chi connectivity index (χ2v) is 3.47. The third kappa shape index (κ3) is 4.35. The number of pyridine rings is 1. The summed E-state index contributed by atoms with van der Waals surface area (Å²) in [4.78, 5) is 4.12. The van der Waals surface area contributed by atoms with E-state index in [4.69, 9.17) is 0 Å². The Morgan fingerprint density at radius 2 is 1.82 bits per heavy atom. The van der Waals surface area contributed by atoms with Crippen LogP contribution >= 0.6 is 24.8 Å². The van der Waals surface area contributed by atoms with Gasteiger partial charge in [0.15, 0.2) is 0 Å². The number of nitrogens with one attached hydrogen (secondary N) is 1. The molecule has 1 heterocycles. The third-order valence-corrected chi connectivity index (χ3v) is 2.30. The molecule has 2 rings (SSSR count). The Morgan fingerprint density at radius 3 is 2.47 bits per heavy atom. The van der Waals surface area contributed by atoms with E-state index >= 15 is 0 Å². The highest BCUT2D eigenvalue weighted by atomic mass is 35.5. The Labute approximate surface area is 114 Å². The standard InChI is InChI=1S/C13H14N2.2ClH/c1-14-9-11-4-2-5-12(8-11)13-6-3-7-15-10-13;;/h2-8,10,14H,9H2,1H3;2*1H. The summed E-state index contributed by atoms with van der Waals surface area (Å²) < 4.78 is 0. The molecule has 4 heteroatoms. The number of benzene rings is 1. The largest absolute Gasteiger partial charge is 0.316 e. The summed E-state index contributed by atoms with van der Waals surface area (Å²) in [5, 5.41) is 3.15. The number of hydrogen-bond donors (Lipinski definition) is 1. The van der Waals surface area contributed by atoms with E-state index < -0.39 is 0 Å². The molecule has 0 radical (unpaired) electrons. The van der Waals surface area contributed by atoms with Crippen LogP contribution in [-0.4, -0.2) is 12.0 Å². The van der Waals surface area contributed by atoms with Crippen molar-refractivity contribution in [2.24, 2.45) is 0 Å². The van der Waals surface area contributed by atoms with Crippen LogP contribution in [0.25, 0.3) is 11.1 Å². The van der Waals surface area contributed by atoms with Gasteiger partial charge in [-0.05, 0) is 35.9 Å². The maximum atomic E-state index is 4.12. The van der Waals surface area contributed by atoms with Gasteiger partial charge in [-0.2, -0.15) is 0 Å². The normalized spacial score (nSPS) is 9.00. The Hall–Kier alpha value is -1.09. The van der Waals surface area contributed by atoms with Gasteiger partial charge in [-0.25, -0.2) is 0 Å². The molecule has 2 aromatic rings. The molecule has 1 aromatic heterocycles. The SMILES string of the molecule is CNCc1cccc(-c2cccnc2)c1.Cl.Cl. The average molecular weight is 271 g/mol. The molecule has 0 saturated heterocycles. The number of nitrogens with zero attached hydrogens (tertiary/aromatic N) is 1. The Balaban J connectivity index is 0.00000128. The molecule has 0 aliphatic heterocycles. The quantitative estimate of drug-likeness (QED) is 0.926. The van der Waals surface area contributed by atoms with Crippen LogP contribution in [0.3, 0.4) is 0 Å². The van der Waals surface area contributed by atoms with Crippen molar-refractivity contribution in [3.05, 3.63) is 54.4 Å². The molecular formula is C13H16Cl2N2. The van der Waals surface area contributed by atoms with Crippen molar-refractivity contribution in [3.8, 4) is 11.1 Å². The third-order valence-electron chi connectivity index (χ3n) is 2.30. The minimum Gasteiger partial charge on any atom is -0.316 e. The predicted octanol–water partition coefficient (Wildman–Crippen LogP) is 3.31. The lowest BCUT2D eigenvalue weighted by molar-refractivity contribution is 0.818. The molecule has 0 unspecified atom stereocenters. The molecule has 0 aliphatic rings. The Kier molecular flexibility index (Phi) is 7.55. The molecule has 92 valence electrons. The summed E-state index contributed by atoms with van der Waals surface area (Å²) in [6.45, 7) is 0.897. The topological polar surface area (TPSA) is 24.9 Å². The van der Waals surface area contributed by atoms with Crippen molar-refractivity contribution in [3.63, 3.8) is 0 Å². The maximum absolute atomic E-state index is 4.12. The van der Waals surface area contributed by atoms with Gasteiger partial charge in [-0.1, -0.05) is 24.3 Å². The Bertz CT molecular complexity index is 432. The van der Waals surface area contributed by atoms with E-state index in [9.17, 15) is 0 Å². The molecule has 2 nitrogen and oxygen atoms in total. The maximum Gasteiger partial charge on any atom is 0.0346 e. The molecule has 0 spiro atoms. The number of halogens is 2. The van der Waals surface area contributed by atoms with Crippen molar-refractivity contribution >= 4 is 24.8 Å². The minimum atomic E-state index is 0. The molecule has 0 bridgehead atoms. The first-order chi connectivity index (χ1) is 7.40. The van der Waals surface area contributed by atoms with Gasteiger partial charge < -0.3 is 5.32 Å². The zero-order valence-corrected chi connectivity index (χ0v) is 11.2. The van der Waals surface area contributed by atoms with Gasteiger partial charge in [0.1, 0.15) is 0 Å². The van der Waals surface area contributed by atoms with Crippen molar-refractivity contribution in [2.75, 3.05) is 7.05 Å². The first-order valence-electron chi connectivity index (χ1n) is 5.04. The first-order valence-corrected chi connectivity index (χ1v) is 5.04. The van der Waals surface area contributed by atoms with Crippen LogP contribution in [-0.2, 0) is 6.54 Å². The molecule has 0 aliphatic carbocycles. The van der Waals surface area contributed by atoms with Crippen LogP contribution < -0.4 is 5.32 Å². The lowest BCUT2D eigenvalue weighted by atomic mass is 10.1. The number of rotatable bonds is 3. The summed E-state index contributed by atoms with van der Waals surface area (Å²) in [7, 11) is 1.96. The van der Waals surface area contributed by atoms with Gasteiger partial charge >= 0.3 is 0 Å². The molecule has 0 fully saturated rings. The predicted molar refractivity (Wildman–Crippen MR) is 76.9 cm³/mol. The van der Waals surface area contributed by atoms with Crippen LogP contribution in [0.4, 0.5) is 0 Å². The van der Waals surface area contributed by atoms with Gasteiger partial charge in [0.05, 0.1) is 0 Å². The molecule has 0 atom stereocenters. The van der Waals surface area contributed by atoms with Crippen molar-refractivity contribution in [2.45, 2.75) is 6.54 Å². The highest BCUT2D eigenvalue weighted by Crippen LogP contribution is 2.18. The van der Waals surface area contributed by atoms with Crippen molar-refractivity contribution in [1.29, 1.82) is 0 Å². The van der Waals surface area contributed by atoms with Crippen LogP contribution in [0.5, 0.6) is 0 Å². The summed E-state index contributed by atoms with van der Waals surface area (Å²) in [5.74, 6) is 0. The monoisotopic (exact) mass is 270 g/mol. The second kappa shape index (κ2) is 8.07. The fraction of sp³-hybridized carbons (Fsp3) is 0.154. The van der Waals surface area contributed by atoms with Crippen molar-refractivity contribution < 1.29 is 0 Å². The van der Waals surface area contributed by atoms with Gasteiger partial charge in [0, 0.05) is 18.9 Å². The van der Waals surface area contributed by atoms with Gasteiger partial charge in [-0.3, -0.25) is 4.98 Å². The summed E-state index contributed by atoms with van der Waals surface area (Å²) in [5.41, 5.74) is 3.67. The lowest BCUT2D eigenvalue weighted by Crippen LogP contribution is -2.04. The fourth-order valence-electron chi connectivity index (χ4n) is 1.60. The van der Waals surface area contributed by atoms with E-state index in [0.29, 0.717) is 0 Å². The van der Waals surface area contributed by atoms with Gasteiger partial charge in [0.25, 0.3) is 0 Å². The molecular weight excluding hydrogens is 255 g/mol. The molecule has 0 saturated carbocycles. The van der Waals surface area contributed by atoms with Crippen molar-refractivity contribution in [1.82, 2.24) is 10.3 Å². The van der Waals surface area contributed by atoms with E-state index in [-0.39, 0.29) is 24.8 Å². The number of aromatic nitrogens is 1.